The summed E-state index contributed by atoms with van der Waals surface area (Å²) in [7, 11) is 2.66. The zero-order chi connectivity index (χ0) is 44.4. The lowest BCUT2D eigenvalue weighted by Gasteiger charge is -2.32. The van der Waals surface area contributed by atoms with E-state index >= 15 is 0 Å². The number of aromatic hydroxyl groups is 2. The first-order valence-electron chi connectivity index (χ1n) is 21.8. The first-order valence-corrected chi connectivity index (χ1v) is 21.8. The number of unbranched alkanes of at least 4 members (excludes halogenated alkanes) is 10. The number of amides is 3. The predicted molar refractivity (Wildman–Crippen MR) is 230 cm³/mol. The third-order valence-corrected chi connectivity index (χ3v) is 11.0. The molecule has 0 saturated carbocycles. The number of hydrogen-bond acceptors (Lipinski definition) is 10. The Bertz CT molecular complexity index is 1770. The number of carbonyl (C=O) groups is 6. The van der Waals surface area contributed by atoms with Gasteiger partial charge in [-0.3, -0.25) is 19.2 Å². The second-order valence-electron chi connectivity index (χ2n) is 17.3. The zero-order valence-electron chi connectivity index (χ0n) is 36.9. The van der Waals surface area contributed by atoms with Crippen LogP contribution in [0.1, 0.15) is 148 Å². The van der Waals surface area contributed by atoms with Crippen molar-refractivity contribution in [2.75, 3.05) is 20.7 Å². The molecule has 0 aliphatic carbocycles. The lowest BCUT2D eigenvalue weighted by molar-refractivity contribution is -0.146. The number of fused-ring (bicyclic) bond motifs is 5. The molecule has 60 heavy (non-hydrogen) atoms. The molecule has 1 heterocycles. The van der Waals surface area contributed by atoms with Crippen molar-refractivity contribution in [3.63, 3.8) is 0 Å². The van der Waals surface area contributed by atoms with Gasteiger partial charge in [0.1, 0.15) is 35.0 Å². The number of benzene rings is 2. The van der Waals surface area contributed by atoms with E-state index in [9.17, 15) is 39.0 Å². The minimum atomic E-state index is -1.28. The van der Waals surface area contributed by atoms with E-state index in [1.54, 1.807) is 39.8 Å². The average Bonchev–Trinajstić information content (AvgIpc) is 3.19. The van der Waals surface area contributed by atoms with Crippen LogP contribution in [0.4, 0.5) is 4.79 Å². The van der Waals surface area contributed by atoms with Crippen LogP contribution in [0.3, 0.4) is 0 Å². The topological polar surface area (TPSA) is 189 Å². The number of Topliss-reactive ketones (excluding diaryl/α,β-unsaturated/α-hetero) is 2. The molecule has 0 unspecified atom stereocenters. The Morgan fingerprint density at radius 3 is 2.05 bits per heavy atom. The van der Waals surface area contributed by atoms with Crippen LogP contribution in [-0.2, 0) is 39.9 Å². The van der Waals surface area contributed by atoms with Gasteiger partial charge in [0.05, 0.1) is 7.11 Å². The highest BCUT2D eigenvalue weighted by Gasteiger charge is 2.36. The highest BCUT2D eigenvalue weighted by molar-refractivity contribution is 5.96. The Labute approximate surface area is 356 Å². The van der Waals surface area contributed by atoms with E-state index in [2.05, 4.69) is 17.6 Å². The number of likely N-dealkylation sites (N-methyl/N-ethyl adjacent to an activating group) is 1. The van der Waals surface area contributed by atoms with Gasteiger partial charge in [-0.05, 0) is 69.0 Å². The number of rotatable bonds is 20. The minimum absolute atomic E-state index is 0.00875. The highest BCUT2D eigenvalue weighted by atomic mass is 16.6. The maximum atomic E-state index is 14.6. The fraction of sp³-hybridized carbons (Fsp3) is 0.617. The summed E-state index contributed by atoms with van der Waals surface area (Å²) in [5.74, 6) is -4.63. The van der Waals surface area contributed by atoms with E-state index < -0.39 is 59.2 Å². The van der Waals surface area contributed by atoms with Gasteiger partial charge in [-0.2, -0.15) is 0 Å². The van der Waals surface area contributed by atoms with Gasteiger partial charge >= 0.3 is 12.1 Å². The molecule has 1 aliphatic heterocycles. The summed E-state index contributed by atoms with van der Waals surface area (Å²) in [5, 5.41) is 27.4. The Kier molecular flexibility index (Phi) is 20.1. The largest absolute Gasteiger partial charge is 0.507 e. The van der Waals surface area contributed by atoms with E-state index in [4.69, 9.17) is 9.47 Å². The van der Waals surface area contributed by atoms with Crippen LogP contribution >= 0.6 is 0 Å². The van der Waals surface area contributed by atoms with E-state index in [0.717, 1.165) is 19.3 Å². The van der Waals surface area contributed by atoms with E-state index in [1.165, 1.54) is 88.3 Å². The number of alkyl carbamates (subject to hydrolysis) is 1. The Hall–Kier alpha value is -4.94. The van der Waals surface area contributed by atoms with Crippen molar-refractivity contribution >= 4 is 35.4 Å². The lowest BCUT2D eigenvalue weighted by Crippen LogP contribution is -2.46. The molecule has 3 amide bonds. The molecule has 3 rings (SSSR count). The van der Waals surface area contributed by atoms with Crippen molar-refractivity contribution in [1.29, 1.82) is 0 Å². The maximum absolute atomic E-state index is 14.6. The summed E-state index contributed by atoms with van der Waals surface area (Å²) in [4.78, 5) is 82.5. The fourth-order valence-corrected chi connectivity index (χ4v) is 7.64. The summed E-state index contributed by atoms with van der Waals surface area (Å²) in [6.45, 7) is 9.00. The lowest BCUT2D eigenvalue weighted by atomic mass is 9.88. The number of carbonyl (C=O) groups excluding carboxylic acids is 6. The molecule has 1 aliphatic rings. The van der Waals surface area contributed by atoms with Gasteiger partial charge in [0.25, 0.3) is 0 Å². The van der Waals surface area contributed by atoms with Crippen molar-refractivity contribution in [3.05, 3.63) is 47.5 Å². The van der Waals surface area contributed by atoms with Gasteiger partial charge in [0, 0.05) is 62.2 Å². The molecule has 332 valence electrons. The van der Waals surface area contributed by atoms with Gasteiger partial charge in [0.2, 0.25) is 11.8 Å². The number of ether oxygens (including phenoxy) is 2. The minimum Gasteiger partial charge on any atom is -0.507 e. The summed E-state index contributed by atoms with van der Waals surface area (Å²) >= 11 is 0. The van der Waals surface area contributed by atoms with Gasteiger partial charge in [-0.25, -0.2) is 9.59 Å². The van der Waals surface area contributed by atoms with Crippen LogP contribution in [0.15, 0.2) is 36.4 Å². The van der Waals surface area contributed by atoms with Crippen LogP contribution in [0, 0.1) is 11.8 Å². The average molecular weight is 836 g/mol. The number of esters is 1. The van der Waals surface area contributed by atoms with E-state index in [1.807, 2.05) is 0 Å². The van der Waals surface area contributed by atoms with Crippen LogP contribution in [0.25, 0.3) is 11.1 Å². The van der Waals surface area contributed by atoms with Crippen molar-refractivity contribution in [3.8, 4) is 22.6 Å². The summed E-state index contributed by atoms with van der Waals surface area (Å²) < 4.78 is 10.3. The molecule has 13 heteroatoms. The quantitative estimate of drug-likeness (QED) is 0.0747. The smallest absolute Gasteiger partial charge is 0.407 e. The molecule has 0 saturated heterocycles. The third kappa shape index (κ3) is 15.9. The number of phenolic OH excluding ortho intramolecular Hbond substituents is 2. The second kappa shape index (κ2) is 24.3. The molecule has 0 radical (unpaired) electrons. The summed E-state index contributed by atoms with van der Waals surface area (Å²) in [6, 6.07) is 6.58. The molecule has 2 aromatic carbocycles. The fourth-order valence-electron chi connectivity index (χ4n) is 7.64. The van der Waals surface area contributed by atoms with Crippen molar-refractivity contribution in [2.24, 2.45) is 11.8 Å². The Morgan fingerprint density at radius 1 is 0.867 bits per heavy atom. The van der Waals surface area contributed by atoms with Crippen LogP contribution in [-0.4, -0.2) is 82.9 Å². The number of nitrogens with one attached hydrogen (secondary N) is 2. The second-order valence-corrected chi connectivity index (χ2v) is 17.3. The van der Waals surface area contributed by atoms with Crippen LogP contribution in [0.5, 0.6) is 11.5 Å². The van der Waals surface area contributed by atoms with Crippen LogP contribution in [0.2, 0.25) is 0 Å². The molecule has 4 bridgehead atoms. The number of phenols is 2. The van der Waals surface area contributed by atoms with E-state index in [0.29, 0.717) is 24.0 Å². The normalized spacial score (nSPS) is 17.5. The molecule has 13 nitrogen and oxygen atoms in total. The SMILES string of the molecule is CCCCCCCCCCCCCC(=O)C[C@@H](CCNC(=O)OC(C)(C)C)C(=O)N(C)[C@@H]1C(=O)C[C@@H](C)C(=O)N[C@H](C(=O)OC)Cc2ccc(O)c(c2)-c2cc1ccc2O. The van der Waals surface area contributed by atoms with Crippen molar-refractivity contribution < 1.29 is 48.5 Å². The monoisotopic (exact) mass is 835 g/mol. The summed E-state index contributed by atoms with van der Waals surface area (Å²) in [6.07, 6.45) is 11.8. The van der Waals surface area contributed by atoms with Gasteiger partial charge in [-0.1, -0.05) is 90.2 Å². The number of nitrogens with zero attached hydrogens (tertiary/aromatic N) is 1. The standard InChI is InChI=1S/C47H69N3O10/c1-8-9-10-11-12-13-14-15-16-17-18-19-35(51)29-34(24-25-48-46(58)60-47(3,4)5)44(56)50(6)42-33-21-23-40(53)37(30-33)36-27-32(20-22-39(36)52)28-38(45(57)59-7)49-43(55)31(2)26-41(42)54/h20-23,27,30-31,34,38,42,52-53H,8-19,24-26,28-29H2,1-7H3,(H,48,58)(H,49,55)/t31-,34-,38+,42+/m1/s1. The zero-order valence-corrected chi connectivity index (χ0v) is 36.9. The molecule has 0 aromatic heterocycles. The first-order chi connectivity index (χ1) is 28.4. The van der Waals surface area contributed by atoms with Crippen LogP contribution < -0.4 is 10.6 Å². The molecule has 4 N–H and O–H groups in total. The van der Waals surface area contributed by atoms with Gasteiger partial charge in [-0.15, -0.1) is 0 Å². The Balaban J connectivity index is 1.90. The number of ketones is 2. The highest BCUT2D eigenvalue weighted by Crippen LogP contribution is 2.39. The number of methoxy groups -OCH3 is 1. The molecule has 0 fully saturated rings. The molecule has 4 atom stereocenters. The predicted octanol–water partition coefficient (Wildman–Crippen LogP) is 8.26. The van der Waals surface area contributed by atoms with Gasteiger partial charge in [0.15, 0.2) is 5.78 Å². The van der Waals surface area contributed by atoms with Crippen molar-refractivity contribution in [2.45, 2.75) is 155 Å². The molecule has 0 spiro atoms. The van der Waals surface area contributed by atoms with Crippen molar-refractivity contribution in [1.82, 2.24) is 15.5 Å². The number of hydrogen-bond donors (Lipinski definition) is 4. The first kappa shape index (κ1) is 49.4. The molecular weight excluding hydrogens is 767 g/mol. The third-order valence-electron chi connectivity index (χ3n) is 11.0. The van der Waals surface area contributed by atoms with Gasteiger partial charge < -0.3 is 35.2 Å². The summed E-state index contributed by atoms with van der Waals surface area (Å²) in [5.41, 5.74) is 0.490. The molecule has 2 aromatic rings. The van der Waals surface area contributed by atoms with E-state index in [-0.39, 0.29) is 60.6 Å². The Morgan fingerprint density at radius 2 is 1.45 bits per heavy atom. The molecular formula is C47H69N3O10. The maximum Gasteiger partial charge on any atom is 0.407 e.